The van der Waals surface area contributed by atoms with Crippen LogP contribution in [0.3, 0.4) is 0 Å². The van der Waals surface area contributed by atoms with Crippen molar-refractivity contribution in [3.8, 4) is 17.1 Å². The molecule has 0 fully saturated rings. The van der Waals surface area contributed by atoms with Crippen LogP contribution in [0, 0.1) is 5.82 Å². The van der Waals surface area contributed by atoms with Gasteiger partial charge in [-0.3, -0.25) is 0 Å². The van der Waals surface area contributed by atoms with Crippen LogP contribution in [0.15, 0.2) is 18.2 Å². The number of fused-ring (bicyclic) bond motifs is 1. The second-order valence-corrected chi connectivity index (χ2v) is 4.67. The highest BCUT2D eigenvalue weighted by molar-refractivity contribution is 5.61. The van der Waals surface area contributed by atoms with E-state index in [0.29, 0.717) is 17.2 Å². The molecule has 0 aliphatic heterocycles. The highest BCUT2D eigenvalue weighted by Crippen LogP contribution is 2.30. The van der Waals surface area contributed by atoms with Crippen molar-refractivity contribution >= 4 is 5.82 Å². The lowest BCUT2D eigenvalue weighted by Crippen LogP contribution is -2.12. The van der Waals surface area contributed by atoms with E-state index in [-0.39, 0.29) is 5.75 Å². The summed E-state index contributed by atoms with van der Waals surface area (Å²) in [7, 11) is 1.43. The average Bonchev–Trinajstić information content (AvgIpc) is 2.94. The maximum atomic E-state index is 13.8. The first-order valence-corrected chi connectivity index (χ1v) is 6.43. The number of benzene rings is 1. The van der Waals surface area contributed by atoms with E-state index in [1.165, 1.54) is 13.2 Å². The number of aromatic nitrogens is 2. The van der Waals surface area contributed by atoms with Crippen LogP contribution >= 0.6 is 0 Å². The van der Waals surface area contributed by atoms with Crippen LogP contribution in [-0.2, 0) is 12.8 Å². The molecule has 3 N–H and O–H groups in total. The molecule has 3 rings (SSSR count). The van der Waals surface area contributed by atoms with Crippen molar-refractivity contribution in [2.45, 2.75) is 19.3 Å². The van der Waals surface area contributed by atoms with Gasteiger partial charge in [0.05, 0.1) is 7.11 Å². The summed E-state index contributed by atoms with van der Waals surface area (Å²) in [6.07, 6.45) is 2.86. The molecule has 20 heavy (non-hydrogen) atoms. The number of nitrogens with two attached hydrogens (primary N) is 1. The maximum absolute atomic E-state index is 13.8. The number of nitrogens with one attached hydrogen (secondary N) is 1. The van der Waals surface area contributed by atoms with Crippen LogP contribution in [0.4, 0.5) is 10.2 Å². The molecule has 0 atom stereocenters. The number of hydrazine groups is 1. The topological polar surface area (TPSA) is 73.1 Å². The Morgan fingerprint density at radius 2 is 2.15 bits per heavy atom. The third kappa shape index (κ3) is 2.08. The zero-order valence-electron chi connectivity index (χ0n) is 11.1. The molecule has 5 nitrogen and oxygen atoms in total. The Labute approximate surface area is 116 Å². The lowest BCUT2D eigenvalue weighted by atomic mass is 10.1. The highest BCUT2D eigenvalue weighted by atomic mass is 19.1. The van der Waals surface area contributed by atoms with Crippen LogP contribution in [-0.4, -0.2) is 17.1 Å². The van der Waals surface area contributed by atoms with Crippen molar-refractivity contribution in [1.29, 1.82) is 0 Å². The Morgan fingerprint density at radius 1 is 1.30 bits per heavy atom. The molecule has 2 aromatic rings. The van der Waals surface area contributed by atoms with Crippen molar-refractivity contribution < 1.29 is 9.13 Å². The minimum absolute atomic E-state index is 0.201. The van der Waals surface area contributed by atoms with E-state index < -0.39 is 5.82 Å². The Morgan fingerprint density at radius 3 is 2.85 bits per heavy atom. The predicted octanol–water partition coefficient (Wildman–Crippen LogP) is 2.07. The quantitative estimate of drug-likeness (QED) is 0.662. The molecule has 104 valence electrons. The normalized spacial score (nSPS) is 13.2. The molecule has 0 spiro atoms. The Balaban J connectivity index is 2.08. The van der Waals surface area contributed by atoms with E-state index >= 15 is 0 Å². The number of nitrogen functional groups attached to an aromatic ring is 1. The maximum Gasteiger partial charge on any atom is 0.165 e. The first-order chi connectivity index (χ1) is 9.72. The summed E-state index contributed by atoms with van der Waals surface area (Å²) in [5.74, 6) is 6.37. The molecule has 1 heterocycles. The number of hydrogen-bond donors (Lipinski definition) is 2. The lowest BCUT2D eigenvalue weighted by molar-refractivity contribution is 0.386. The van der Waals surface area contributed by atoms with E-state index in [1.807, 2.05) is 0 Å². The van der Waals surface area contributed by atoms with Gasteiger partial charge < -0.3 is 10.2 Å². The van der Waals surface area contributed by atoms with E-state index in [2.05, 4.69) is 15.4 Å². The zero-order chi connectivity index (χ0) is 14.1. The number of nitrogens with zero attached hydrogens (tertiary/aromatic N) is 2. The van der Waals surface area contributed by atoms with Gasteiger partial charge in [0.15, 0.2) is 17.4 Å². The molecule has 1 aromatic heterocycles. The van der Waals surface area contributed by atoms with E-state index in [1.54, 1.807) is 12.1 Å². The Bertz CT molecular complexity index is 660. The molecular formula is C14H15FN4O. The molecule has 0 unspecified atom stereocenters. The number of methoxy groups -OCH3 is 1. The fourth-order valence-electron chi connectivity index (χ4n) is 2.49. The zero-order valence-corrected chi connectivity index (χ0v) is 11.1. The van der Waals surface area contributed by atoms with Crippen LogP contribution in [0.1, 0.15) is 17.7 Å². The van der Waals surface area contributed by atoms with Crippen molar-refractivity contribution in [1.82, 2.24) is 9.97 Å². The number of halogens is 1. The van der Waals surface area contributed by atoms with Crippen molar-refractivity contribution in [3.63, 3.8) is 0 Å². The van der Waals surface area contributed by atoms with Crippen LogP contribution < -0.4 is 16.0 Å². The van der Waals surface area contributed by atoms with Gasteiger partial charge in [-0.1, -0.05) is 0 Å². The van der Waals surface area contributed by atoms with E-state index in [4.69, 9.17) is 10.6 Å². The molecule has 1 aromatic carbocycles. The summed E-state index contributed by atoms with van der Waals surface area (Å²) in [6, 6.07) is 4.67. The second kappa shape index (κ2) is 5.05. The Kier molecular flexibility index (Phi) is 3.23. The summed E-state index contributed by atoms with van der Waals surface area (Å²) in [5, 5.41) is 0. The summed E-state index contributed by atoms with van der Waals surface area (Å²) in [6.45, 7) is 0. The molecule has 0 saturated carbocycles. The SMILES string of the molecule is COc1ccc(-c2nc3c(c(NN)n2)CCC3)cc1F. The standard InChI is InChI=1S/C14H15FN4O/c1-20-12-6-5-8(7-10(12)15)13-17-11-4-2-3-9(11)14(18-13)19-16/h5-7H,2-4,16H2,1H3,(H,17,18,19). The summed E-state index contributed by atoms with van der Waals surface area (Å²) in [4.78, 5) is 8.89. The molecule has 0 amide bonds. The molecule has 1 aliphatic carbocycles. The van der Waals surface area contributed by atoms with E-state index in [9.17, 15) is 4.39 Å². The summed E-state index contributed by atoms with van der Waals surface area (Å²) >= 11 is 0. The first-order valence-electron chi connectivity index (χ1n) is 6.43. The third-order valence-electron chi connectivity index (χ3n) is 3.48. The number of aryl methyl sites for hydroxylation is 1. The van der Waals surface area contributed by atoms with Crippen LogP contribution in [0.25, 0.3) is 11.4 Å². The minimum atomic E-state index is -0.434. The average molecular weight is 274 g/mol. The lowest BCUT2D eigenvalue weighted by Gasteiger charge is -2.10. The van der Waals surface area contributed by atoms with Crippen molar-refractivity contribution in [2.24, 2.45) is 5.84 Å². The number of hydrogen-bond acceptors (Lipinski definition) is 5. The molecule has 6 heteroatoms. The second-order valence-electron chi connectivity index (χ2n) is 4.67. The molecular weight excluding hydrogens is 259 g/mol. The number of rotatable bonds is 3. The minimum Gasteiger partial charge on any atom is -0.494 e. The molecule has 0 saturated heterocycles. The van der Waals surface area contributed by atoms with Crippen molar-refractivity contribution in [3.05, 3.63) is 35.3 Å². The molecule has 0 radical (unpaired) electrons. The van der Waals surface area contributed by atoms with Gasteiger partial charge in [0.2, 0.25) is 0 Å². The number of anilines is 1. The predicted molar refractivity (Wildman–Crippen MR) is 73.8 cm³/mol. The highest BCUT2D eigenvalue weighted by Gasteiger charge is 2.19. The monoisotopic (exact) mass is 274 g/mol. The van der Waals surface area contributed by atoms with Crippen LogP contribution in [0.5, 0.6) is 5.75 Å². The van der Waals surface area contributed by atoms with Crippen LogP contribution in [0.2, 0.25) is 0 Å². The van der Waals surface area contributed by atoms with Gasteiger partial charge in [-0.25, -0.2) is 20.2 Å². The van der Waals surface area contributed by atoms with Gasteiger partial charge in [0.25, 0.3) is 0 Å². The summed E-state index contributed by atoms with van der Waals surface area (Å²) < 4.78 is 18.7. The van der Waals surface area contributed by atoms with Gasteiger partial charge in [0.1, 0.15) is 5.82 Å². The van der Waals surface area contributed by atoms with Gasteiger partial charge in [-0.15, -0.1) is 0 Å². The van der Waals surface area contributed by atoms with Crippen molar-refractivity contribution in [2.75, 3.05) is 12.5 Å². The largest absolute Gasteiger partial charge is 0.494 e. The fourth-order valence-corrected chi connectivity index (χ4v) is 2.49. The number of ether oxygens (including phenoxy) is 1. The molecule has 1 aliphatic rings. The van der Waals surface area contributed by atoms with Gasteiger partial charge >= 0.3 is 0 Å². The van der Waals surface area contributed by atoms with Gasteiger partial charge in [-0.05, 0) is 37.5 Å². The fraction of sp³-hybridized carbons (Fsp3) is 0.286. The van der Waals surface area contributed by atoms with E-state index in [0.717, 1.165) is 30.5 Å². The first kappa shape index (κ1) is 12.8. The Hall–Kier alpha value is -2.21. The third-order valence-corrected chi connectivity index (χ3v) is 3.48. The smallest absolute Gasteiger partial charge is 0.165 e. The molecule has 0 bridgehead atoms. The van der Waals surface area contributed by atoms with Gasteiger partial charge in [0, 0.05) is 16.8 Å². The van der Waals surface area contributed by atoms with Gasteiger partial charge in [-0.2, -0.15) is 0 Å². The summed E-state index contributed by atoms with van der Waals surface area (Å²) in [5.41, 5.74) is 5.26.